The highest BCUT2D eigenvalue weighted by Crippen LogP contribution is 2.29. The summed E-state index contributed by atoms with van der Waals surface area (Å²) in [5.41, 5.74) is 0. The molecule has 0 aromatic heterocycles. The number of ether oxygens (including phenoxy) is 1. The Morgan fingerprint density at radius 2 is 1.92 bits per heavy atom. The van der Waals surface area contributed by atoms with E-state index < -0.39 is 10.0 Å². The van der Waals surface area contributed by atoms with Crippen LogP contribution in [-0.2, 0) is 10.0 Å². The van der Waals surface area contributed by atoms with Gasteiger partial charge in [-0.3, -0.25) is 4.90 Å². The third-order valence-corrected chi connectivity index (χ3v) is 6.17. The van der Waals surface area contributed by atoms with Crippen LogP contribution in [-0.4, -0.2) is 62.7 Å². The monoisotopic (exact) mass is 356 g/mol. The molecule has 4 rings (SSSR count). The van der Waals surface area contributed by atoms with E-state index in [0.717, 1.165) is 32.4 Å². The van der Waals surface area contributed by atoms with E-state index in [9.17, 15) is 12.8 Å². The first kappa shape index (κ1) is 17.6. The van der Waals surface area contributed by atoms with Gasteiger partial charge in [0.1, 0.15) is 11.6 Å². The van der Waals surface area contributed by atoms with Gasteiger partial charge in [-0.25, -0.2) is 17.1 Å². The number of nitrogens with zero attached hydrogens (tertiary/aromatic N) is 2. The van der Waals surface area contributed by atoms with Crippen molar-refractivity contribution in [3.63, 3.8) is 0 Å². The van der Waals surface area contributed by atoms with E-state index in [1.54, 1.807) is 16.4 Å². The Morgan fingerprint density at radius 1 is 1.17 bits per heavy atom. The summed E-state index contributed by atoms with van der Waals surface area (Å²) < 4.78 is 43.9. The number of benzene rings is 1. The van der Waals surface area contributed by atoms with Crippen molar-refractivity contribution in [1.82, 2.24) is 9.21 Å². The number of halogens is 1. The van der Waals surface area contributed by atoms with Gasteiger partial charge in [-0.15, -0.1) is 0 Å². The maximum atomic E-state index is 12.8. The highest BCUT2D eigenvalue weighted by Gasteiger charge is 2.37. The molecule has 2 atom stereocenters. The van der Waals surface area contributed by atoms with E-state index in [4.69, 9.17) is 4.74 Å². The van der Waals surface area contributed by atoms with Crippen LogP contribution >= 0.6 is 0 Å². The zero-order valence-corrected chi connectivity index (χ0v) is 14.8. The van der Waals surface area contributed by atoms with Crippen LogP contribution in [0.3, 0.4) is 0 Å². The molecular formula is C17H25FN2O3S. The van der Waals surface area contributed by atoms with Gasteiger partial charge in [0, 0.05) is 32.2 Å². The number of fused-ring (bicyclic) bond motifs is 4. The van der Waals surface area contributed by atoms with Gasteiger partial charge in [0.05, 0.1) is 12.9 Å². The highest BCUT2D eigenvalue weighted by molar-refractivity contribution is 7.88. The molecule has 0 N–H and O–H groups in total. The lowest BCUT2D eigenvalue weighted by molar-refractivity contribution is 0.124. The topological polar surface area (TPSA) is 49.9 Å². The highest BCUT2D eigenvalue weighted by atomic mass is 32.2. The molecule has 3 saturated heterocycles. The van der Waals surface area contributed by atoms with E-state index in [0.29, 0.717) is 37.4 Å². The van der Waals surface area contributed by atoms with Crippen molar-refractivity contribution in [2.24, 2.45) is 5.92 Å². The Hall–Kier alpha value is -1.18. The zero-order chi connectivity index (χ0) is 17.2. The average molecular weight is 356 g/mol. The van der Waals surface area contributed by atoms with Crippen LogP contribution in [0.15, 0.2) is 24.3 Å². The summed E-state index contributed by atoms with van der Waals surface area (Å²) in [6.07, 6.45) is 4.35. The fourth-order valence-electron chi connectivity index (χ4n) is 3.67. The number of hydrogen-bond donors (Lipinski definition) is 0. The average Bonchev–Trinajstić information content (AvgIpc) is 2.85. The molecule has 0 saturated carbocycles. The molecule has 0 unspecified atom stereocenters. The van der Waals surface area contributed by atoms with Crippen molar-refractivity contribution in [2.45, 2.75) is 25.3 Å². The lowest BCUT2D eigenvalue weighted by atomic mass is 9.95. The molecule has 0 aliphatic carbocycles. The smallest absolute Gasteiger partial charge is 0.211 e. The Morgan fingerprint density at radius 3 is 2.62 bits per heavy atom. The second-order valence-corrected chi connectivity index (χ2v) is 8.81. The molecule has 7 heteroatoms. The predicted octanol–water partition coefficient (Wildman–Crippen LogP) is 1.95. The molecule has 134 valence electrons. The molecule has 1 aromatic rings. The fraction of sp³-hybridized carbons (Fsp3) is 0.647. The van der Waals surface area contributed by atoms with Gasteiger partial charge in [-0.05, 0) is 49.4 Å². The van der Waals surface area contributed by atoms with E-state index in [1.807, 2.05) is 0 Å². The van der Waals surface area contributed by atoms with Gasteiger partial charge in [0.25, 0.3) is 0 Å². The van der Waals surface area contributed by atoms with Crippen LogP contribution in [0, 0.1) is 11.7 Å². The second-order valence-electron chi connectivity index (χ2n) is 6.83. The molecule has 3 heterocycles. The van der Waals surface area contributed by atoms with Crippen LogP contribution in [0.25, 0.3) is 0 Å². The largest absolute Gasteiger partial charge is 0.494 e. The Labute approximate surface area is 143 Å². The molecule has 0 amide bonds. The molecule has 1 aromatic carbocycles. The van der Waals surface area contributed by atoms with Crippen molar-refractivity contribution in [3.8, 4) is 5.75 Å². The van der Waals surface area contributed by atoms with Crippen LogP contribution < -0.4 is 4.74 Å². The SMILES string of the molecule is CS(=O)(=O)N1C[C@@H]2CC[C@H](C1)N(CCCOc1ccc(F)cc1)C2. The van der Waals surface area contributed by atoms with Crippen LogP contribution in [0.2, 0.25) is 0 Å². The maximum Gasteiger partial charge on any atom is 0.211 e. The summed E-state index contributed by atoms with van der Waals surface area (Å²) in [6, 6.07) is 6.36. The molecular weight excluding hydrogens is 331 g/mol. The molecule has 0 spiro atoms. The first-order valence-electron chi connectivity index (χ1n) is 8.49. The number of piperidine rings is 1. The molecule has 5 nitrogen and oxygen atoms in total. The molecule has 3 fully saturated rings. The zero-order valence-electron chi connectivity index (χ0n) is 14.0. The Bertz CT molecular complexity index is 650. The fourth-order valence-corrected chi connectivity index (χ4v) is 4.59. The summed E-state index contributed by atoms with van der Waals surface area (Å²) in [5, 5.41) is 0. The van der Waals surface area contributed by atoms with E-state index in [2.05, 4.69) is 4.90 Å². The molecule has 3 aliphatic rings. The number of sulfonamides is 1. The van der Waals surface area contributed by atoms with Crippen LogP contribution in [0.4, 0.5) is 4.39 Å². The number of rotatable bonds is 6. The van der Waals surface area contributed by atoms with Crippen molar-refractivity contribution in [1.29, 1.82) is 0 Å². The molecule has 0 radical (unpaired) electrons. The van der Waals surface area contributed by atoms with Crippen molar-refractivity contribution in [2.75, 3.05) is 39.0 Å². The van der Waals surface area contributed by atoms with E-state index in [-0.39, 0.29) is 5.82 Å². The van der Waals surface area contributed by atoms with Gasteiger partial charge in [-0.2, -0.15) is 0 Å². The quantitative estimate of drug-likeness (QED) is 0.731. The first-order valence-corrected chi connectivity index (χ1v) is 10.3. The third-order valence-electron chi connectivity index (χ3n) is 4.93. The summed E-state index contributed by atoms with van der Waals surface area (Å²) in [6.45, 7) is 3.70. The van der Waals surface area contributed by atoms with Gasteiger partial charge in [0.15, 0.2) is 0 Å². The number of hydrogen-bond acceptors (Lipinski definition) is 4. The minimum Gasteiger partial charge on any atom is -0.494 e. The minimum atomic E-state index is -3.11. The van der Waals surface area contributed by atoms with Crippen molar-refractivity contribution in [3.05, 3.63) is 30.1 Å². The molecule has 24 heavy (non-hydrogen) atoms. The van der Waals surface area contributed by atoms with Gasteiger partial charge in [0.2, 0.25) is 10.0 Å². The lowest BCUT2D eigenvalue weighted by Gasteiger charge is -2.36. The second kappa shape index (κ2) is 7.37. The standard InChI is InChI=1S/C17H25FN2O3S/c1-24(21,22)20-12-14-3-6-16(13-20)19(11-14)9-2-10-23-17-7-4-15(18)5-8-17/h4-5,7-8,14,16H,2-3,6,9-13H2,1H3/t14-,16-/m1/s1. The van der Waals surface area contributed by atoms with Gasteiger partial charge < -0.3 is 4.74 Å². The van der Waals surface area contributed by atoms with E-state index >= 15 is 0 Å². The van der Waals surface area contributed by atoms with Crippen molar-refractivity contribution < 1.29 is 17.5 Å². The summed E-state index contributed by atoms with van der Waals surface area (Å²) in [5.74, 6) is 0.840. The van der Waals surface area contributed by atoms with Gasteiger partial charge in [-0.1, -0.05) is 0 Å². The Kier molecular flexibility index (Phi) is 5.42. The lowest BCUT2D eigenvalue weighted by Crippen LogP contribution is -2.45. The van der Waals surface area contributed by atoms with E-state index in [1.165, 1.54) is 18.4 Å². The van der Waals surface area contributed by atoms with Crippen LogP contribution in [0.1, 0.15) is 19.3 Å². The third kappa shape index (κ3) is 4.46. The maximum absolute atomic E-state index is 12.8. The van der Waals surface area contributed by atoms with Gasteiger partial charge >= 0.3 is 0 Å². The summed E-state index contributed by atoms with van der Waals surface area (Å²) in [4.78, 5) is 2.41. The van der Waals surface area contributed by atoms with Crippen LogP contribution in [0.5, 0.6) is 5.75 Å². The minimum absolute atomic E-state index is 0.265. The summed E-state index contributed by atoms with van der Waals surface area (Å²) >= 11 is 0. The predicted molar refractivity (Wildman–Crippen MR) is 91.0 cm³/mol. The Balaban J connectivity index is 1.48. The van der Waals surface area contributed by atoms with Crippen molar-refractivity contribution >= 4 is 10.0 Å². The first-order chi connectivity index (χ1) is 11.4. The normalized spacial score (nSPS) is 25.6. The summed E-state index contributed by atoms with van der Waals surface area (Å²) in [7, 11) is -3.11. The molecule has 2 bridgehead atoms. The molecule has 3 aliphatic heterocycles.